The number of fused-ring (bicyclic) bond motifs is 1. The van der Waals surface area contributed by atoms with E-state index in [2.05, 4.69) is 15.0 Å². The van der Waals surface area contributed by atoms with E-state index in [4.69, 9.17) is 11.6 Å². The van der Waals surface area contributed by atoms with Gasteiger partial charge in [0.15, 0.2) is 5.82 Å². The Morgan fingerprint density at radius 2 is 1.96 bits per heavy atom. The monoisotopic (exact) mass is 372 g/mol. The lowest BCUT2D eigenvalue weighted by Gasteiger charge is -2.28. The average molecular weight is 373 g/mol. The van der Waals surface area contributed by atoms with Gasteiger partial charge in [-0.1, -0.05) is 11.6 Å². The van der Waals surface area contributed by atoms with Crippen molar-refractivity contribution in [2.24, 2.45) is 0 Å². The summed E-state index contributed by atoms with van der Waals surface area (Å²) in [4.78, 5) is 15.2. The maximum atomic E-state index is 14.0. The summed E-state index contributed by atoms with van der Waals surface area (Å²) in [6, 6.07) is 5.91. The number of hydrogen-bond acceptors (Lipinski definition) is 4. The molecule has 0 saturated heterocycles. The molecular weight excluding hydrogens is 358 g/mol. The Morgan fingerprint density at radius 3 is 2.77 bits per heavy atom. The first kappa shape index (κ1) is 17.0. The maximum absolute atomic E-state index is 14.0. The summed E-state index contributed by atoms with van der Waals surface area (Å²) in [5.41, 5.74) is 3.01. The molecule has 0 atom stereocenters. The molecule has 0 aliphatic carbocycles. The molecule has 4 nitrogen and oxygen atoms in total. The lowest BCUT2D eigenvalue weighted by atomic mass is 10.1. The summed E-state index contributed by atoms with van der Waals surface area (Å²) in [7, 11) is 0. The summed E-state index contributed by atoms with van der Waals surface area (Å²) >= 11 is 5.93. The molecule has 4 rings (SSSR count). The van der Waals surface area contributed by atoms with Gasteiger partial charge >= 0.3 is 0 Å². The Kier molecular flexibility index (Phi) is 4.61. The molecule has 0 fully saturated rings. The van der Waals surface area contributed by atoms with Gasteiger partial charge < -0.3 is 0 Å². The number of benzene rings is 1. The number of nitrogens with zero attached hydrogens (tertiary/aromatic N) is 4. The highest BCUT2D eigenvalue weighted by Crippen LogP contribution is 2.27. The summed E-state index contributed by atoms with van der Waals surface area (Å²) in [5.74, 6) is -0.459. The Hall–Kier alpha value is -2.44. The molecule has 1 aromatic carbocycles. The van der Waals surface area contributed by atoms with Crippen LogP contribution in [-0.4, -0.2) is 26.4 Å². The van der Waals surface area contributed by atoms with Crippen LogP contribution in [-0.2, 0) is 19.5 Å². The van der Waals surface area contributed by atoms with Gasteiger partial charge in [0, 0.05) is 61.3 Å². The van der Waals surface area contributed by atoms with E-state index >= 15 is 0 Å². The summed E-state index contributed by atoms with van der Waals surface area (Å²) in [5, 5.41) is -0.154. The minimum atomic E-state index is -0.607. The van der Waals surface area contributed by atoms with Crippen molar-refractivity contribution in [3.8, 4) is 11.4 Å². The molecule has 2 aromatic heterocycles. The van der Waals surface area contributed by atoms with Crippen molar-refractivity contribution in [1.82, 2.24) is 19.9 Å². The van der Waals surface area contributed by atoms with Crippen LogP contribution in [0.1, 0.15) is 16.8 Å². The molecule has 7 heteroatoms. The minimum absolute atomic E-state index is 0.154. The molecule has 0 amide bonds. The normalized spacial score (nSPS) is 14.3. The first-order valence-corrected chi connectivity index (χ1v) is 8.59. The Balaban J connectivity index is 1.55. The fourth-order valence-corrected chi connectivity index (χ4v) is 3.29. The topological polar surface area (TPSA) is 41.9 Å². The number of rotatable bonds is 3. The molecule has 0 N–H and O–H groups in total. The summed E-state index contributed by atoms with van der Waals surface area (Å²) in [6.45, 7) is 1.49. The molecule has 0 radical (unpaired) electrons. The van der Waals surface area contributed by atoms with Gasteiger partial charge in [0.05, 0.1) is 10.7 Å². The van der Waals surface area contributed by atoms with Gasteiger partial charge in [-0.3, -0.25) is 9.88 Å². The van der Waals surface area contributed by atoms with Crippen molar-refractivity contribution in [2.45, 2.75) is 19.5 Å². The smallest absolute Gasteiger partial charge is 0.160 e. The van der Waals surface area contributed by atoms with Crippen LogP contribution in [0.25, 0.3) is 11.4 Å². The third-order valence-electron chi connectivity index (χ3n) is 4.45. The standard InChI is InChI=1S/C19H15ClF2N4/c20-18-14(15(21)3-4-16(18)22)11-26-7-5-17-13(10-26)9-24-19(25-17)12-2-1-6-23-8-12/h1-4,6,8-9H,5,7,10-11H2. The Bertz CT molecular complexity index is 950. The van der Waals surface area contributed by atoms with Gasteiger partial charge in [-0.2, -0.15) is 0 Å². The maximum Gasteiger partial charge on any atom is 0.160 e. The molecule has 0 unspecified atom stereocenters. The molecule has 0 bridgehead atoms. The van der Waals surface area contributed by atoms with E-state index < -0.39 is 11.6 Å². The van der Waals surface area contributed by atoms with Crippen molar-refractivity contribution in [2.75, 3.05) is 6.54 Å². The summed E-state index contributed by atoms with van der Waals surface area (Å²) in [6.07, 6.45) is 5.93. The van der Waals surface area contributed by atoms with Crippen LogP contribution < -0.4 is 0 Å². The van der Waals surface area contributed by atoms with Gasteiger partial charge in [-0.05, 0) is 24.3 Å². The van der Waals surface area contributed by atoms with Gasteiger partial charge in [-0.15, -0.1) is 0 Å². The second kappa shape index (κ2) is 7.05. The Morgan fingerprint density at radius 1 is 1.12 bits per heavy atom. The van der Waals surface area contributed by atoms with Crippen molar-refractivity contribution in [1.29, 1.82) is 0 Å². The van der Waals surface area contributed by atoms with Crippen LogP contribution in [0, 0.1) is 11.6 Å². The highest BCUT2D eigenvalue weighted by Gasteiger charge is 2.22. The van der Waals surface area contributed by atoms with E-state index in [-0.39, 0.29) is 17.1 Å². The minimum Gasteiger partial charge on any atom is -0.294 e. The second-order valence-electron chi connectivity index (χ2n) is 6.19. The zero-order valence-electron chi connectivity index (χ0n) is 13.8. The molecule has 0 spiro atoms. The Labute approximate surface area is 154 Å². The lowest BCUT2D eigenvalue weighted by molar-refractivity contribution is 0.239. The number of hydrogen-bond donors (Lipinski definition) is 0. The molecule has 1 aliphatic rings. The molecule has 0 saturated carbocycles. The van der Waals surface area contributed by atoms with Gasteiger partial charge in [0.2, 0.25) is 0 Å². The van der Waals surface area contributed by atoms with Crippen LogP contribution in [0.5, 0.6) is 0 Å². The fourth-order valence-electron chi connectivity index (χ4n) is 3.08. The highest BCUT2D eigenvalue weighted by molar-refractivity contribution is 6.31. The van der Waals surface area contributed by atoms with E-state index in [0.29, 0.717) is 25.3 Å². The van der Waals surface area contributed by atoms with Gasteiger partial charge in [0.1, 0.15) is 11.6 Å². The molecular formula is C19H15ClF2N4. The third kappa shape index (κ3) is 3.30. The average Bonchev–Trinajstić information content (AvgIpc) is 2.68. The zero-order valence-corrected chi connectivity index (χ0v) is 14.5. The van der Waals surface area contributed by atoms with Gasteiger partial charge in [0.25, 0.3) is 0 Å². The molecule has 26 heavy (non-hydrogen) atoms. The fraction of sp³-hybridized carbons (Fsp3) is 0.211. The van der Waals surface area contributed by atoms with Crippen molar-refractivity contribution in [3.05, 3.63) is 76.3 Å². The van der Waals surface area contributed by atoms with Crippen molar-refractivity contribution < 1.29 is 8.78 Å². The number of aromatic nitrogens is 3. The molecule has 3 aromatic rings. The zero-order chi connectivity index (χ0) is 18.1. The van der Waals surface area contributed by atoms with E-state index in [9.17, 15) is 8.78 Å². The molecule has 132 valence electrons. The third-order valence-corrected chi connectivity index (χ3v) is 4.86. The van der Waals surface area contributed by atoms with E-state index in [1.165, 1.54) is 0 Å². The lowest BCUT2D eigenvalue weighted by Crippen LogP contribution is -2.31. The van der Waals surface area contributed by atoms with Gasteiger partial charge in [-0.25, -0.2) is 18.7 Å². The van der Waals surface area contributed by atoms with Crippen LogP contribution in [0.4, 0.5) is 8.78 Å². The number of pyridine rings is 1. The largest absolute Gasteiger partial charge is 0.294 e. The van der Waals surface area contributed by atoms with E-state index in [1.54, 1.807) is 18.6 Å². The van der Waals surface area contributed by atoms with Crippen molar-refractivity contribution >= 4 is 11.6 Å². The molecule has 3 heterocycles. The predicted octanol–water partition coefficient (Wildman–Crippen LogP) is 4.03. The highest BCUT2D eigenvalue weighted by atomic mass is 35.5. The number of halogens is 3. The van der Waals surface area contributed by atoms with Crippen molar-refractivity contribution in [3.63, 3.8) is 0 Å². The van der Waals surface area contributed by atoms with Crippen LogP contribution >= 0.6 is 11.6 Å². The summed E-state index contributed by atoms with van der Waals surface area (Å²) < 4.78 is 27.6. The van der Waals surface area contributed by atoms with Crippen LogP contribution in [0.3, 0.4) is 0 Å². The quantitative estimate of drug-likeness (QED) is 0.651. The SMILES string of the molecule is Fc1ccc(F)c(CN2CCc3nc(-c4cccnc4)ncc3C2)c1Cl. The van der Waals surface area contributed by atoms with Crippen LogP contribution in [0.15, 0.2) is 42.9 Å². The predicted molar refractivity (Wildman–Crippen MR) is 94.4 cm³/mol. The van der Waals surface area contributed by atoms with Crippen LogP contribution in [0.2, 0.25) is 5.02 Å². The van der Waals surface area contributed by atoms with E-state index in [1.807, 2.05) is 17.0 Å². The first-order chi connectivity index (χ1) is 12.6. The first-order valence-electron chi connectivity index (χ1n) is 8.22. The van der Waals surface area contributed by atoms with E-state index in [0.717, 1.165) is 29.0 Å². The second-order valence-corrected chi connectivity index (χ2v) is 6.57. The molecule has 1 aliphatic heterocycles.